The van der Waals surface area contributed by atoms with Crippen LogP contribution in [0.25, 0.3) is 16.8 Å². The van der Waals surface area contributed by atoms with Gasteiger partial charge in [-0.25, -0.2) is 15.0 Å². The number of anilines is 2. The number of ether oxygens (including phenoxy) is 1. The maximum atomic E-state index is 12.9. The van der Waals surface area contributed by atoms with Crippen LogP contribution in [0.1, 0.15) is 40.5 Å². The first-order valence-electron chi connectivity index (χ1n) is 11.5. The Hall–Kier alpha value is -4.03. The van der Waals surface area contributed by atoms with Crippen molar-refractivity contribution >= 4 is 23.1 Å². The molecule has 1 aliphatic heterocycles. The van der Waals surface area contributed by atoms with E-state index in [1.165, 1.54) is 0 Å². The van der Waals surface area contributed by atoms with Gasteiger partial charge in [-0.05, 0) is 37.1 Å². The number of halogens is 3. The summed E-state index contributed by atoms with van der Waals surface area (Å²) in [5, 5.41) is 11.7. The largest absolute Gasteiger partial charge is 0.416 e. The number of benzene rings is 1. The summed E-state index contributed by atoms with van der Waals surface area (Å²) < 4.78 is 46.5. The molecule has 5 rings (SSSR count). The normalized spacial score (nSPS) is 18.2. The molecule has 0 bridgehead atoms. The predicted molar refractivity (Wildman–Crippen MR) is 129 cm³/mol. The molecule has 37 heavy (non-hydrogen) atoms. The molecule has 0 spiro atoms. The number of imidazole rings is 1. The van der Waals surface area contributed by atoms with Crippen molar-refractivity contribution in [2.24, 2.45) is 0 Å². The Bertz CT molecular complexity index is 1430. The first-order valence-corrected chi connectivity index (χ1v) is 11.5. The number of nitrogens with two attached hydrogens (primary N) is 1. The molecule has 1 aromatic carbocycles. The van der Waals surface area contributed by atoms with Crippen molar-refractivity contribution in [3.8, 4) is 11.3 Å². The van der Waals surface area contributed by atoms with Crippen molar-refractivity contribution in [3.63, 3.8) is 0 Å². The molecule has 1 fully saturated rings. The van der Waals surface area contributed by atoms with Crippen LogP contribution >= 0.6 is 0 Å². The van der Waals surface area contributed by atoms with Crippen LogP contribution in [0.15, 0.2) is 55.0 Å². The summed E-state index contributed by atoms with van der Waals surface area (Å²) in [4.78, 5) is 25.5. The second kappa shape index (κ2) is 9.79. The zero-order chi connectivity index (χ0) is 26.2. The smallest absolute Gasteiger partial charge is 0.394 e. The number of aliphatic hydroxyl groups excluding tert-OH is 1. The molecule has 192 valence electrons. The highest BCUT2D eigenvalue weighted by Gasteiger charge is 2.31. The van der Waals surface area contributed by atoms with Gasteiger partial charge in [-0.2, -0.15) is 13.2 Å². The third-order valence-corrected chi connectivity index (χ3v) is 6.30. The molecule has 1 saturated heterocycles. The van der Waals surface area contributed by atoms with Gasteiger partial charge in [0, 0.05) is 35.6 Å². The Labute approximate surface area is 209 Å². The number of hydrogen-bond acceptors (Lipinski definition) is 7. The zero-order valence-corrected chi connectivity index (χ0v) is 19.4. The van der Waals surface area contributed by atoms with Crippen molar-refractivity contribution in [1.29, 1.82) is 0 Å². The molecule has 12 heteroatoms. The van der Waals surface area contributed by atoms with Crippen molar-refractivity contribution in [3.05, 3.63) is 71.9 Å². The summed E-state index contributed by atoms with van der Waals surface area (Å²) in [5.41, 5.74) is 7.41. The van der Waals surface area contributed by atoms with Crippen molar-refractivity contribution in [2.45, 2.75) is 31.0 Å². The van der Waals surface area contributed by atoms with Crippen LogP contribution < -0.4 is 11.1 Å². The molecular formula is C25H23F3N6O3. The number of aliphatic hydroxyl groups is 1. The lowest BCUT2D eigenvalue weighted by Crippen LogP contribution is -2.28. The fraction of sp³-hybridized carbons (Fsp3) is 0.280. The van der Waals surface area contributed by atoms with Crippen LogP contribution in [-0.2, 0) is 10.9 Å². The molecule has 4 N–H and O–H groups in total. The van der Waals surface area contributed by atoms with Crippen LogP contribution in [0.3, 0.4) is 0 Å². The highest BCUT2D eigenvalue weighted by atomic mass is 19.4. The van der Waals surface area contributed by atoms with Crippen LogP contribution in [0.2, 0.25) is 0 Å². The Morgan fingerprint density at radius 2 is 1.95 bits per heavy atom. The number of rotatable bonds is 5. The number of carbonyl (C=O) groups excluding carboxylic acids is 1. The number of nitrogen functional groups attached to an aromatic ring is 1. The fourth-order valence-corrected chi connectivity index (χ4v) is 4.37. The number of aromatic nitrogens is 4. The van der Waals surface area contributed by atoms with Gasteiger partial charge < -0.3 is 20.9 Å². The quantitative estimate of drug-likeness (QED) is 0.370. The summed E-state index contributed by atoms with van der Waals surface area (Å²) in [5.74, 6) is 0.237. The first kappa shape index (κ1) is 24.7. The predicted octanol–water partition coefficient (Wildman–Crippen LogP) is 3.90. The van der Waals surface area contributed by atoms with E-state index in [1.54, 1.807) is 36.7 Å². The third-order valence-electron chi connectivity index (χ3n) is 6.30. The maximum absolute atomic E-state index is 12.9. The monoisotopic (exact) mass is 512 g/mol. The Morgan fingerprint density at radius 3 is 2.62 bits per heavy atom. The minimum Gasteiger partial charge on any atom is -0.394 e. The highest BCUT2D eigenvalue weighted by Crippen LogP contribution is 2.34. The van der Waals surface area contributed by atoms with Gasteiger partial charge in [0.25, 0.3) is 5.91 Å². The second-order valence-electron chi connectivity index (χ2n) is 8.72. The Balaban J connectivity index is 1.41. The van der Waals surface area contributed by atoms with Gasteiger partial charge >= 0.3 is 6.18 Å². The molecule has 1 aliphatic rings. The van der Waals surface area contributed by atoms with E-state index >= 15 is 0 Å². The molecule has 0 saturated carbocycles. The molecule has 4 heterocycles. The number of nitrogens with one attached hydrogen (secondary N) is 1. The summed E-state index contributed by atoms with van der Waals surface area (Å²) >= 11 is 0. The lowest BCUT2D eigenvalue weighted by molar-refractivity contribution is -0.137. The minimum atomic E-state index is -4.54. The minimum absolute atomic E-state index is 0.00383. The highest BCUT2D eigenvalue weighted by molar-refractivity contribution is 6.04. The second-order valence-corrected chi connectivity index (χ2v) is 8.72. The van der Waals surface area contributed by atoms with E-state index in [-0.39, 0.29) is 30.0 Å². The zero-order valence-electron chi connectivity index (χ0n) is 19.4. The summed E-state index contributed by atoms with van der Waals surface area (Å²) in [6.07, 6.45) is 1.12. The topological polar surface area (TPSA) is 128 Å². The molecule has 4 aromatic rings. The van der Waals surface area contributed by atoms with Gasteiger partial charge in [0.05, 0.1) is 24.9 Å². The molecule has 3 aromatic heterocycles. The van der Waals surface area contributed by atoms with Crippen LogP contribution in [0, 0.1) is 0 Å². The number of carbonyl (C=O) groups is 1. The summed E-state index contributed by atoms with van der Waals surface area (Å²) in [7, 11) is 0. The Morgan fingerprint density at radius 1 is 1.16 bits per heavy atom. The SMILES string of the molecule is Nc1nccn2c([C@@H]3CC[C@@H](CO)OC3)nc(-c3ccc(C(=O)Nc4cc(C(F)(F)F)ccn4)cc3)c12. The van der Waals surface area contributed by atoms with E-state index in [0.717, 1.165) is 30.6 Å². The van der Waals surface area contributed by atoms with Gasteiger partial charge in [0.1, 0.15) is 28.7 Å². The van der Waals surface area contributed by atoms with E-state index in [1.807, 2.05) is 4.40 Å². The van der Waals surface area contributed by atoms with Crippen molar-refractivity contribution < 1.29 is 27.8 Å². The average molecular weight is 512 g/mol. The van der Waals surface area contributed by atoms with E-state index in [9.17, 15) is 23.1 Å². The maximum Gasteiger partial charge on any atom is 0.416 e. The van der Waals surface area contributed by atoms with Crippen molar-refractivity contribution in [1.82, 2.24) is 19.4 Å². The molecule has 0 aliphatic carbocycles. The van der Waals surface area contributed by atoms with Crippen LogP contribution in [0.4, 0.5) is 24.8 Å². The molecule has 9 nitrogen and oxygen atoms in total. The van der Waals surface area contributed by atoms with Crippen LogP contribution in [0.5, 0.6) is 0 Å². The third kappa shape index (κ3) is 4.98. The number of hydrogen-bond donors (Lipinski definition) is 3. The van der Waals surface area contributed by atoms with E-state index < -0.39 is 17.6 Å². The average Bonchev–Trinajstić information content (AvgIpc) is 3.29. The van der Waals surface area contributed by atoms with Gasteiger partial charge in [0.15, 0.2) is 0 Å². The number of nitrogens with zero attached hydrogens (tertiary/aromatic N) is 4. The summed E-state index contributed by atoms with van der Waals surface area (Å²) in [6.45, 7) is 0.385. The number of fused-ring (bicyclic) bond motifs is 1. The number of alkyl halides is 3. The lowest BCUT2D eigenvalue weighted by Gasteiger charge is -2.27. The van der Waals surface area contributed by atoms with Crippen molar-refractivity contribution in [2.75, 3.05) is 24.3 Å². The molecular weight excluding hydrogens is 489 g/mol. The molecule has 2 atom stereocenters. The van der Waals surface area contributed by atoms with E-state index in [4.69, 9.17) is 15.5 Å². The Kier molecular flexibility index (Phi) is 6.52. The summed E-state index contributed by atoms with van der Waals surface area (Å²) in [6, 6.07) is 8.08. The molecule has 1 amide bonds. The van der Waals surface area contributed by atoms with Crippen LogP contribution in [-0.4, -0.2) is 49.7 Å². The standard InChI is InChI=1S/C25H23F3N6O3/c26-25(27,28)17-7-8-30-19(11-17)32-24(36)15-3-1-14(2-4-15)20-21-22(29)31-9-10-34(21)23(33-20)16-5-6-18(12-35)37-13-16/h1-4,7-11,16,18,35H,5-6,12-13H2,(H2,29,31)(H,30,32,36)/t16-,18+/m1/s1. The molecule has 0 unspecified atom stereocenters. The van der Waals surface area contributed by atoms with Gasteiger partial charge in [-0.1, -0.05) is 12.1 Å². The fourth-order valence-electron chi connectivity index (χ4n) is 4.37. The van der Waals surface area contributed by atoms with Gasteiger partial charge in [0.2, 0.25) is 0 Å². The molecule has 0 radical (unpaired) electrons. The number of pyridine rings is 1. The van der Waals surface area contributed by atoms with Gasteiger partial charge in [-0.3, -0.25) is 9.20 Å². The lowest BCUT2D eigenvalue weighted by atomic mass is 9.98. The van der Waals surface area contributed by atoms with E-state index in [2.05, 4.69) is 15.3 Å². The first-order chi connectivity index (χ1) is 17.7. The van der Waals surface area contributed by atoms with Gasteiger partial charge in [-0.15, -0.1) is 0 Å². The van der Waals surface area contributed by atoms with E-state index in [0.29, 0.717) is 35.6 Å². The number of amides is 1.